The number of pyridine rings is 1. The number of anilines is 2. The highest BCUT2D eigenvalue weighted by Gasteiger charge is 2.25. The van der Waals surface area contributed by atoms with Crippen molar-refractivity contribution in [3.8, 4) is 0 Å². The number of carbonyl (C=O) groups excluding carboxylic acids is 1. The molecule has 174 valence electrons. The number of nitrogens with zero attached hydrogens (tertiary/aromatic N) is 3. The Morgan fingerprint density at radius 3 is 2.47 bits per heavy atom. The lowest BCUT2D eigenvalue weighted by molar-refractivity contribution is -0.125. The van der Waals surface area contributed by atoms with Crippen LogP contribution in [-0.4, -0.2) is 47.4 Å². The second-order valence-corrected chi connectivity index (χ2v) is 8.30. The van der Waals surface area contributed by atoms with Gasteiger partial charge in [0.2, 0.25) is 0 Å². The number of para-hydroxylation sites is 1. The molecule has 0 saturated carbocycles. The first-order valence-corrected chi connectivity index (χ1v) is 11.3. The highest BCUT2D eigenvalue weighted by molar-refractivity contribution is 5.95. The van der Waals surface area contributed by atoms with Crippen molar-refractivity contribution in [1.82, 2.24) is 14.8 Å². The summed E-state index contributed by atoms with van der Waals surface area (Å²) in [6.45, 7) is 8.01. The van der Waals surface area contributed by atoms with Gasteiger partial charge in [-0.15, -0.1) is 0 Å². The van der Waals surface area contributed by atoms with Crippen LogP contribution in [0.15, 0.2) is 97.6 Å². The van der Waals surface area contributed by atoms with Crippen molar-refractivity contribution in [2.75, 3.05) is 32.1 Å². The average molecular weight is 455 g/mol. The molecule has 6 nitrogen and oxygen atoms in total. The molecule has 34 heavy (non-hydrogen) atoms. The van der Waals surface area contributed by atoms with Gasteiger partial charge in [0.05, 0.1) is 6.61 Å². The van der Waals surface area contributed by atoms with Crippen molar-refractivity contribution in [2.45, 2.75) is 13.0 Å². The summed E-state index contributed by atoms with van der Waals surface area (Å²) in [5.74, 6) is 0.554. The van der Waals surface area contributed by atoms with Crippen LogP contribution in [-0.2, 0) is 9.53 Å². The maximum atomic E-state index is 12.9. The SMILES string of the molecule is C=C(N1CCOC(c2ccc(Nc3ccccc3)cc2)C1)N(C)C(=O)/C=C(\C)c1ccncc1. The first-order chi connectivity index (χ1) is 16.5. The molecule has 1 saturated heterocycles. The number of ether oxygens (including phenoxy) is 1. The first kappa shape index (κ1) is 23.3. The van der Waals surface area contributed by atoms with Crippen LogP contribution in [0.5, 0.6) is 0 Å². The monoisotopic (exact) mass is 454 g/mol. The summed E-state index contributed by atoms with van der Waals surface area (Å²) in [6, 6.07) is 22.1. The normalized spacial score (nSPS) is 16.1. The van der Waals surface area contributed by atoms with Crippen LogP contribution in [0.2, 0.25) is 0 Å². The van der Waals surface area contributed by atoms with E-state index in [1.807, 2.05) is 49.4 Å². The Morgan fingerprint density at radius 1 is 1.09 bits per heavy atom. The van der Waals surface area contributed by atoms with Gasteiger partial charge in [0.1, 0.15) is 11.9 Å². The molecule has 0 bridgehead atoms. The number of hydrogen-bond acceptors (Lipinski definition) is 5. The quantitative estimate of drug-likeness (QED) is 0.495. The van der Waals surface area contributed by atoms with E-state index < -0.39 is 0 Å². The van der Waals surface area contributed by atoms with E-state index in [4.69, 9.17) is 4.74 Å². The molecular weight excluding hydrogens is 424 g/mol. The lowest BCUT2D eigenvalue weighted by Crippen LogP contribution is -2.43. The summed E-state index contributed by atoms with van der Waals surface area (Å²) in [6.07, 6.45) is 4.99. The average Bonchev–Trinajstić information content (AvgIpc) is 2.89. The molecule has 2 heterocycles. The third-order valence-corrected chi connectivity index (χ3v) is 5.97. The summed E-state index contributed by atoms with van der Waals surface area (Å²) >= 11 is 0. The number of benzene rings is 2. The third-order valence-electron chi connectivity index (χ3n) is 5.97. The van der Waals surface area contributed by atoms with E-state index in [-0.39, 0.29) is 12.0 Å². The van der Waals surface area contributed by atoms with Crippen LogP contribution in [0.4, 0.5) is 11.4 Å². The zero-order chi connectivity index (χ0) is 23.9. The Hall–Kier alpha value is -3.90. The van der Waals surface area contributed by atoms with Gasteiger partial charge >= 0.3 is 0 Å². The topological polar surface area (TPSA) is 57.7 Å². The van der Waals surface area contributed by atoms with Crippen LogP contribution in [0.3, 0.4) is 0 Å². The predicted octanol–water partition coefficient (Wildman–Crippen LogP) is 5.23. The molecule has 1 aliphatic heterocycles. The van der Waals surface area contributed by atoms with Crippen LogP contribution in [0.25, 0.3) is 5.57 Å². The minimum atomic E-state index is -0.112. The summed E-state index contributed by atoms with van der Waals surface area (Å²) in [5.41, 5.74) is 5.02. The fourth-order valence-corrected chi connectivity index (χ4v) is 3.87. The smallest absolute Gasteiger partial charge is 0.252 e. The fourth-order valence-electron chi connectivity index (χ4n) is 3.87. The number of aromatic nitrogens is 1. The maximum absolute atomic E-state index is 12.9. The minimum Gasteiger partial charge on any atom is -0.370 e. The van der Waals surface area contributed by atoms with E-state index in [0.717, 1.165) is 28.1 Å². The highest BCUT2D eigenvalue weighted by atomic mass is 16.5. The predicted molar refractivity (Wildman–Crippen MR) is 136 cm³/mol. The van der Waals surface area contributed by atoms with Gasteiger partial charge in [-0.25, -0.2) is 0 Å². The largest absolute Gasteiger partial charge is 0.370 e. The van der Waals surface area contributed by atoms with Crippen molar-refractivity contribution in [3.63, 3.8) is 0 Å². The second kappa shape index (κ2) is 10.8. The summed E-state index contributed by atoms with van der Waals surface area (Å²) in [4.78, 5) is 20.6. The molecule has 6 heteroatoms. The van der Waals surface area contributed by atoms with Crippen LogP contribution >= 0.6 is 0 Å². The molecule has 4 rings (SSSR count). The lowest BCUT2D eigenvalue weighted by Gasteiger charge is -2.38. The third kappa shape index (κ3) is 5.71. The molecule has 1 aliphatic rings. The van der Waals surface area contributed by atoms with Gasteiger partial charge in [-0.1, -0.05) is 36.9 Å². The zero-order valence-electron chi connectivity index (χ0n) is 19.6. The van der Waals surface area contributed by atoms with Gasteiger partial charge in [0, 0.05) is 50.0 Å². The summed E-state index contributed by atoms with van der Waals surface area (Å²) in [5, 5.41) is 3.40. The van der Waals surface area contributed by atoms with Crippen molar-refractivity contribution in [2.24, 2.45) is 0 Å². The number of hydrogen-bond donors (Lipinski definition) is 1. The van der Waals surface area contributed by atoms with E-state index in [2.05, 4.69) is 46.0 Å². The number of nitrogens with one attached hydrogen (secondary N) is 1. The molecule has 0 radical (unpaired) electrons. The molecular formula is C28H30N4O2. The fraction of sp³-hybridized carbons (Fsp3) is 0.214. The molecule has 1 fully saturated rings. The lowest BCUT2D eigenvalue weighted by atomic mass is 10.1. The summed E-state index contributed by atoms with van der Waals surface area (Å²) < 4.78 is 6.04. The standard InChI is InChI=1S/C28H30N4O2/c1-21(23-13-15-29-16-14-23)19-28(33)31(3)22(2)32-17-18-34-27(20-32)24-9-11-26(12-10-24)30-25-7-5-4-6-8-25/h4-16,19,27,30H,2,17-18,20H2,1,3H3/b21-19+. The van der Waals surface area contributed by atoms with E-state index in [0.29, 0.717) is 25.5 Å². The molecule has 1 unspecified atom stereocenters. The minimum absolute atomic E-state index is 0.0890. The van der Waals surface area contributed by atoms with E-state index in [1.165, 1.54) is 0 Å². The molecule has 1 amide bonds. The molecule has 1 N–H and O–H groups in total. The van der Waals surface area contributed by atoms with Gasteiger partial charge in [0.15, 0.2) is 0 Å². The van der Waals surface area contributed by atoms with Crippen molar-refractivity contribution in [1.29, 1.82) is 0 Å². The van der Waals surface area contributed by atoms with E-state index >= 15 is 0 Å². The van der Waals surface area contributed by atoms with E-state index in [9.17, 15) is 4.79 Å². The molecule has 0 aliphatic carbocycles. The second-order valence-electron chi connectivity index (χ2n) is 8.30. The van der Waals surface area contributed by atoms with Crippen LogP contribution in [0, 0.1) is 0 Å². The number of amides is 1. The Morgan fingerprint density at radius 2 is 1.76 bits per heavy atom. The number of allylic oxidation sites excluding steroid dienone is 1. The molecule has 0 spiro atoms. The number of likely N-dealkylation sites (N-methyl/N-ethyl adjacent to an activating group) is 1. The van der Waals surface area contributed by atoms with E-state index in [1.54, 1.807) is 30.4 Å². The molecule has 1 aromatic heterocycles. The Balaban J connectivity index is 1.38. The molecule has 1 atom stereocenters. The van der Waals surface area contributed by atoms with Crippen molar-refractivity contribution >= 4 is 22.9 Å². The van der Waals surface area contributed by atoms with Gasteiger partial charge < -0.3 is 15.0 Å². The number of rotatable bonds is 7. The highest BCUT2D eigenvalue weighted by Crippen LogP contribution is 2.27. The van der Waals surface area contributed by atoms with Gasteiger partial charge in [0.25, 0.3) is 5.91 Å². The molecule has 2 aromatic carbocycles. The number of morpholine rings is 1. The Bertz CT molecular complexity index is 1140. The Kier molecular flexibility index (Phi) is 7.40. The maximum Gasteiger partial charge on any atom is 0.252 e. The van der Waals surface area contributed by atoms with Gasteiger partial charge in [-0.3, -0.25) is 14.7 Å². The number of carbonyl (C=O) groups is 1. The van der Waals surface area contributed by atoms with Gasteiger partial charge in [-0.05, 0) is 60.0 Å². The van der Waals surface area contributed by atoms with Crippen molar-refractivity contribution < 1.29 is 9.53 Å². The molecule has 3 aromatic rings. The zero-order valence-corrected chi connectivity index (χ0v) is 19.6. The Labute approximate surface area is 201 Å². The first-order valence-electron chi connectivity index (χ1n) is 11.3. The van der Waals surface area contributed by atoms with Crippen molar-refractivity contribution in [3.05, 3.63) is 109 Å². The summed E-state index contributed by atoms with van der Waals surface area (Å²) in [7, 11) is 1.76. The van der Waals surface area contributed by atoms with Gasteiger partial charge in [-0.2, -0.15) is 0 Å². The van der Waals surface area contributed by atoms with Crippen LogP contribution in [0.1, 0.15) is 24.2 Å². The van der Waals surface area contributed by atoms with Crippen LogP contribution < -0.4 is 5.32 Å².